The summed E-state index contributed by atoms with van der Waals surface area (Å²) in [5.41, 5.74) is 3.92. The van der Waals surface area contributed by atoms with Crippen molar-refractivity contribution >= 4 is 16.3 Å². The number of aryl methyl sites for hydroxylation is 2. The molecule has 0 amide bonds. The van der Waals surface area contributed by atoms with Crippen molar-refractivity contribution in [3.63, 3.8) is 0 Å². The van der Waals surface area contributed by atoms with Gasteiger partial charge in [0.25, 0.3) is 0 Å². The SMILES string of the molecule is Cc1nc2scc(C)n2c1-c1cccc(F)c1. The summed E-state index contributed by atoms with van der Waals surface area (Å²) in [6.45, 7) is 3.99. The molecule has 0 bridgehead atoms. The highest BCUT2D eigenvalue weighted by molar-refractivity contribution is 7.15. The van der Waals surface area contributed by atoms with Gasteiger partial charge in [-0.15, -0.1) is 11.3 Å². The number of hydrogen-bond acceptors (Lipinski definition) is 2. The van der Waals surface area contributed by atoms with Crippen LogP contribution in [-0.4, -0.2) is 9.38 Å². The van der Waals surface area contributed by atoms with Crippen molar-refractivity contribution in [1.82, 2.24) is 9.38 Å². The van der Waals surface area contributed by atoms with Crippen molar-refractivity contribution in [3.05, 3.63) is 46.9 Å². The topological polar surface area (TPSA) is 17.3 Å². The van der Waals surface area contributed by atoms with Crippen molar-refractivity contribution in [2.24, 2.45) is 0 Å². The van der Waals surface area contributed by atoms with Crippen molar-refractivity contribution in [3.8, 4) is 11.3 Å². The minimum atomic E-state index is -0.218. The maximum atomic E-state index is 13.3. The highest BCUT2D eigenvalue weighted by Crippen LogP contribution is 2.29. The summed E-state index contributed by atoms with van der Waals surface area (Å²) in [7, 11) is 0. The molecular formula is C13H11FN2S. The molecule has 3 aromatic rings. The maximum absolute atomic E-state index is 13.3. The third-order valence-corrected chi connectivity index (χ3v) is 3.75. The number of nitrogens with zero attached hydrogens (tertiary/aromatic N) is 2. The molecule has 0 N–H and O–H groups in total. The van der Waals surface area contributed by atoms with E-state index in [1.54, 1.807) is 23.5 Å². The zero-order chi connectivity index (χ0) is 12.0. The summed E-state index contributed by atoms with van der Waals surface area (Å²) in [6.07, 6.45) is 0. The molecular weight excluding hydrogens is 235 g/mol. The van der Waals surface area contributed by atoms with E-state index < -0.39 is 0 Å². The highest BCUT2D eigenvalue weighted by Gasteiger charge is 2.14. The van der Waals surface area contributed by atoms with E-state index in [9.17, 15) is 4.39 Å². The standard InChI is InChI=1S/C13H11FN2S/c1-8-7-17-13-15-9(2)12(16(8)13)10-4-3-5-11(14)6-10/h3-7H,1-2H3. The van der Waals surface area contributed by atoms with Crippen LogP contribution >= 0.6 is 11.3 Å². The maximum Gasteiger partial charge on any atom is 0.194 e. The molecule has 0 spiro atoms. The molecule has 3 rings (SSSR count). The Morgan fingerprint density at radius 2 is 2.12 bits per heavy atom. The minimum absolute atomic E-state index is 0.218. The van der Waals surface area contributed by atoms with Crippen LogP contribution in [0.25, 0.3) is 16.2 Å². The smallest absolute Gasteiger partial charge is 0.194 e. The quantitative estimate of drug-likeness (QED) is 0.638. The number of thiazole rings is 1. The van der Waals surface area contributed by atoms with E-state index in [0.29, 0.717) is 0 Å². The first-order valence-corrected chi connectivity index (χ1v) is 6.24. The van der Waals surface area contributed by atoms with Gasteiger partial charge in [0.15, 0.2) is 4.96 Å². The second-order valence-electron chi connectivity index (χ2n) is 4.05. The Labute approximate surface area is 102 Å². The number of imidazole rings is 1. The van der Waals surface area contributed by atoms with Gasteiger partial charge in [-0.2, -0.15) is 0 Å². The second kappa shape index (κ2) is 3.67. The highest BCUT2D eigenvalue weighted by atomic mass is 32.1. The molecule has 0 atom stereocenters. The lowest BCUT2D eigenvalue weighted by Crippen LogP contribution is -1.90. The van der Waals surface area contributed by atoms with Crippen molar-refractivity contribution in [2.75, 3.05) is 0 Å². The Kier molecular flexibility index (Phi) is 2.26. The molecule has 2 aromatic heterocycles. The molecule has 0 unspecified atom stereocenters. The first-order chi connectivity index (χ1) is 8.16. The van der Waals surface area contributed by atoms with Crippen LogP contribution in [0.1, 0.15) is 11.4 Å². The third kappa shape index (κ3) is 1.56. The molecule has 2 nitrogen and oxygen atoms in total. The number of rotatable bonds is 1. The minimum Gasteiger partial charge on any atom is -0.287 e. The van der Waals surface area contributed by atoms with Crippen LogP contribution in [0, 0.1) is 19.7 Å². The Morgan fingerprint density at radius 1 is 1.29 bits per heavy atom. The molecule has 4 heteroatoms. The summed E-state index contributed by atoms with van der Waals surface area (Å²) in [5, 5.41) is 2.06. The molecule has 2 heterocycles. The van der Waals surface area contributed by atoms with E-state index in [1.807, 2.05) is 19.9 Å². The fourth-order valence-electron chi connectivity index (χ4n) is 2.07. The summed E-state index contributed by atoms with van der Waals surface area (Å²) in [5.74, 6) is -0.218. The van der Waals surface area contributed by atoms with Crippen molar-refractivity contribution in [1.29, 1.82) is 0 Å². The van der Waals surface area contributed by atoms with Crippen LogP contribution in [0.15, 0.2) is 29.6 Å². The van der Waals surface area contributed by atoms with E-state index in [0.717, 1.165) is 27.6 Å². The molecule has 0 aliphatic rings. The van der Waals surface area contributed by atoms with Crippen LogP contribution in [0.5, 0.6) is 0 Å². The summed E-state index contributed by atoms with van der Waals surface area (Å²) < 4.78 is 15.4. The normalized spacial score (nSPS) is 11.2. The average Bonchev–Trinajstić information content (AvgIpc) is 2.78. The van der Waals surface area contributed by atoms with E-state index in [2.05, 4.69) is 14.8 Å². The zero-order valence-corrected chi connectivity index (χ0v) is 10.4. The molecule has 0 saturated heterocycles. The molecule has 0 aliphatic carbocycles. The summed E-state index contributed by atoms with van der Waals surface area (Å²) in [4.78, 5) is 5.46. The number of fused-ring (bicyclic) bond motifs is 1. The fourth-order valence-corrected chi connectivity index (χ4v) is 2.99. The molecule has 0 radical (unpaired) electrons. The van der Waals surface area contributed by atoms with E-state index in [1.165, 1.54) is 6.07 Å². The molecule has 17 heavy (non-hydrogen) atoms. The van der Waals surface area contributed by atoms with E-state index in [4.69, 9.17) is 0 Å². The van der Waals surface area contributed by atoms with Gasteiger partial charge in [0, 0.05) is 16.6 Å². The largest absolute Gasteiger partial charge is 0.287 e. The lowest BCUT2D eigenvalue weighted by Gasteiger charge is -2.03. The Balaban J connectivity index is 2.36. The molecule has 1 aromatic carbocycles. The van der Waals surface area contributed by atoms with Crippen molar-refractivity contribution in [2.45, 2.75) is 13.8 Å². The monoisotopic (exact) mass is 246 g/mol. The van der Waals surface area contributed by atoms with Gasteiger partial charge < -0.3 is 0 Å². The molecule has 0 aliphatic heterocycles. The van der Waals surface area contributed by atoms with Gasteiger partial charge in [-0.3, -0.25) is 4.40 Å². The number of hydrogen-bond donors (Lipinski definition) is 0. The first kappa shape index (κ1) is 10.5. The fraction of sp³-hybridized carbons (Fsp3) is 0.154. The van der Waals surface area contributed by atoms with Gasteiger partial charge >= 0.3 is 0 Å². The van der Waals surface area contributed by atoms with Crippen LogP contribution in [0.3, 0.4) is 0 Å². The van der Waals surface area contributed by atoms with Gasteiger partial charge in [-0.1, -0.05) is 12.1 Å². The number of aromatic nitrogens is 2. The van der Waals surface area contributed by atoms with Crippen LogP contribution in [0.2, 0.25) is 0 Å². The van der Waals surface area contributed by atoms with Gasteiger partial charge in [-0.05, 0) is 26.0 Å². The van der Waals surface area contributed by atoms with E-state index >= 15 is 0 Å². The van der Waals surface area contributed by atoms with E-state index in [-0.39, 0.29) is 5.82 Å². The third-order valence-electron chi connectivity index (χ3n) is 2.81. The lowest BCUT2D eigenvalue weighted by molar-refractivity contribution is 0.628. The second-order valence-corrected chi connectivity index (χ2v) is 4.89. The molecule has 0 fully saturated rings. The van der Waals surface area contributed by atoms with Crippen LogP contribution < -0.4 is 0 Å². The van der Waals surface area contributed by atoms with Gasteiger partial charge in [-0.25, -0.2) is 9.37 Å². The zero-order valence-electron chi connectivity index (χ0n) is 9.57. The number of halogens is 1. The summed E-state index contributed by atoms with van der Waals surface area (Å²) in [6, 6.07) is 6.65. The predicted molar refractivity (Wildman–Crippen MR) is 67.9 cm³/mol. The molecule has 0 saturated carbocycles. The van der Waals surface area contributed by atoms with Gasteiger partial charge in [0.2, 0.25) is 0 Å². The van der Waals surface area contributed by atoms with Crippen LogP contribution in [0.4, 0.5) is 4.39 Å². The average molecular weight is 246 g/mol. The first-order valence-electron chi connectivity index (χ1n) is 5.36. The van der Waals surface area contributed by atoms with Gasteiger partial charge in [0.1, 0.15) is 5.82 Å². The number of benzene rings is 1. The Bertz CT molecular complexity index is 697. The Hall–Kier alpha value is -1.68. The Morgan fingerprint density at radius 3 is 2.88 bits per heavy atom. The van der Waals surface area contributed by atoms with Crippen LogP contribution in [-0.2, 0) is 0 Å². The van der Waals surface area contributed by atoms with Crippen molar-refractivity contribution < 1.29 is 4.39 Å². The molecule has 86 valence electrons. The summed E-state index contributed by atoms with van der Waals surface area (Å²) >= 11 is 1.61. The van der Waals surface area contributed by atoms with Gasteiger partial charge in [0.05, 0.1) is 11.4 Å². The predicted octanol–water partition coefficient (Wildman–Crippen LogP) is 3.82. The lowest BCUT2D eigenvalue weighted by atomic mass is 10.1.